The fraction of sp³-hybridized carbons (Fsp3) is 0.684. The van der Waals surface area contributed by atoms with Crippen LogP contribution >= 0.6 is 24.2 Å². The van der Waals surface area contributed by atoms with E-state index in [-0.39, 0.29) is 29.0 Å². The van der Waals surface area contributed by atoms with Crippen LogP contribution in [0.2, 0.25) is 0 Å². The Bertz CT molecular complexity index is 539. The Morgan fingerprint density at radius 1 is 1.38 bits per heavy atom. The summed E-state index contributed by atoms with van der Waals surface area (Å²) in [5.41, 5.74) is 1.18. The third-order valence-electron chi connectivity index (χ3n) is 5.33. The number of amides is 1. The molecule has 0 aromatic carbocycles. The predicted molar refractivity (Wildman–Crippen MR) is 106 cm³/mol. The largest absolute Gasteiger partial charge is 0.353 e. The van der Waals surface area contributed by atoms with Crippen LogP contribution in [0.15, 0.2) is 29.3 Å². The normalized spacial score (nSPS) is 30.4. The zero-order valence-electron chi connectivity index (χ0n) is 14.7. The summed E-state index contributed by atoms with van der Waals surface area (Å²) in [5.74, 6) is 1.71. The van der Waals surface area contributed by atoms with Crippen molar-refractivity contribution in [1.82, 2.24) is 5.32 Å². The lowest BCUT2D eigenvalue weighted by Crippen LogP contribution is -2.48. The van der Waals surface area contributed by atoms with E-state index in [0.29, 0.717) is 12.0 Å². The van der Waals surface area contributed by atoms with Gasteiger partial charge in [-0.05, 0) is 31.3 Å². The SMILES string of the molecule is CCCC(CCC)NC(=O)C1CSC23C=CC=CC2=NCCC13.Cl. The molecule has 2 heterocycles. The molecule has 2 aliphatic heterocycles. The van der Waals surface area contributed by atoms with Crippen LogP contribution in [-0.4, -0.2) is 34.7 Å². The molecule has 1 fully saturated rings. The van der Waals surface area contributed by atoms with Crippen molar-refractivity contribution in [3.8, 4) is 0 Å². The van der Waals surface area contributed by atoms with Crippen LogP contribution in [0.3, 0.4) is 0 Å². The molecule has 3 nitrogen and oxygen atoms in total. The molecule has 0 bridgehead atoms. The second-order valence-electron chi connectivity index (χ2n) is 6.87. The molecule has 1 N–H and O–H groups in total. The Morgan fingerprint density at radius 3 is 2.83 bits per heavy atom. The first-order valence-corrected chi connectivity index (χ1v) is 10.0. The summed E-state index contributed by atoms with van der Waals surface area (Å²) in [7, 11) is 0. The molecular formula is C19H29ClN2OS. The van der Waals surface area contributed by atoms with Gasteiger partial charge in [0, 0.05) is 18.3 Å². The van der Waals surface area contributed by atoms with E-state index in [1.54, 1.807) is 0 Å². The maximum absolute atomic E-state index is 12.9. The third kappa shape index (κ3) is 3.60. The molecule has 24 heavy (non-hydrogen) atoms. The Labute approximate surface area is 156 Å². The average Bonchev–Trinajstić information content (AvgIpc) is 2.93. The zero-order valence-corrected chi connectivity index (χ0v) is 16.3. The van der Waals surface area contributed by atoms with Crippen molar-refractivity contribution in [1.29, 1.82) is 0 Å². The molecule has 1 amide bonds. The van der Waals surface area contributed by atoms with Gasteiger partial charge in [0.15, 0.2) is 0 Å². The van der Waals surface area contributed by atoms with Crippen LogP contribution in [-0.2, 0) is 4.79 Å². The molecule has 0 aromatic heterocycles. The van der Waals surface area contributed by atoms with Crippen LogP contribution in [0.4, 0.5) is 0 Å². The number of nitrogens with one attached hydrogen (secondary N) is 1. The molecular weight excluding hydrogens is 340 g/mol. The molecule has 3 aliphatic rings. The molecule has 3 atom stereocenters. The van der Waals surface area contributed by atoms with Gasteiger partial charge in [-0.3, -0.25) is 9.79 Å². The van der Waals surface area contributed by atoms with E-state index in [4.69, 9.17) is 4.99 Å². The first kappa shape index (κ1) is 19.6. The van der Waals surface area contributed by atoms with Crippen molar-refractivity contribution in [3.05, 3.63) is 24.3 Å². The van der Waals surface area contributed by atoms with E-state index in [0.717, 1.165) is 44.4 Å². The highest BCUT2D eigenvalue weighted by Gasteiger charge is 2.54. The number of rotatable bonds is 6. The Kier molecular flexibility index (Phi) is 6.99. The lowest BCUT2D eigenvalue weighted by molar-refractivity contribution is -0.126. The number of aliphatic imine (C=N–C) groups is 1. The first-order chi connectivity index (χ1) is 11.2. The van der Waals surface area contributed by atoms with Gasteiger partial charge in [0.1, 0.15) is 0 Å². The second kappa shape index (κ2) is 8.57. The molecule has 3 rings (SSSR count). The summed E-state index contributed by atoms with van der Waals surface area (Å²) in [4.78, 5) is 17.6. The molecule has 0 radical (unpaired) electrons. The van der Waals surface area contributed by atoms with Gasteiger partial charge >= 0.3 is 0 Å². The van der Waals surface area contributed by atoms with Gasteiger partial charge in [-0.2, -0.15) is 0 Å². The highest BCUT2D eigenvalue weighted by molar-refractivity contribution is 8.02. The summed E-state index contributed by atoms with van der Waals surface area (Å²) in [6.45, 7) is 5.24. The molecule has 5 heteroatoms. The number of nitrogens with zero attached hydrogens (tertiary/aromatic N) is 1. The van der Waals surface area contributed by atoms with Gasteiger partial charge in [-0.1, -0.05) is 44.9 Å². The van der Waals surface area contributed by atoms with Gasteiger partial charge in [0.25, 0.3) is 0 Å². The van der Waals surface area contributed by atoms with Gasteiger partial charge in [0.05, 0.1) is 16.4 Å². The van der Waals surface area contributed by atoms with Gasteiger partial charge in [-0.25, -0.2) is 0 Å². The Morgan fingerprint density at radius 2 is 2.12 bits per heavy atom. The molecule has 1 spiro atoms. The Hall–Kier alpha value is -0.740. The van der Waals surface area contributed by atoms with E-state index in [1.165, 1.54) is 5.71 Å². The zero-order chi connectivity index (χ0) is 16.3. The summed E-state index contributed by atoms with van der Waals surface area (Å²) in [6, 6.07) is 0.345. The van der Waals surface area contributed by atoms with Crippen LogP contribution in [0.5, 0.6) is 0 Å². The summed E-state index contributed by atoms with van der Waals surface area (Å²) in [6.07, 6.45) is 14.1. The number of hydrogen-bond donors (Lipinski definition) is 1. The van der Waals surface area contributed by atoms with E-state index in [9.17, 15) is 4.79 Å². The molecule has 0 aromatic rings. The monoisotopic (exact) mass is 368 g/mol. The van der Waals surface area contributed by atoms with Crippen molar-refractivity contribution in [3.63, 3.8) is 0 Å². The van der Waals surface area contributed by atoms with E-state index >= 15 is 0 Å². The maximum Gasteiger partial charge on any atom is 0.224 e. The number of halogens is 1. The Balaban J connectivity index is 0.00000208. The number of thioether (sulfide) groups is 1. The van der Waals surface area contributed by atoms with Gasteiger partial charge < -0.3 is 5.32 Å². The predicted octanol–water partition coefficient (Wildman–Crippen LogP) is 4.18. The molecule has 1 saturated heterocycles. The van der Waals surface area contributed by atoms with Crippen molar-refractivity contribution in [2.45, 2.75) is 56.7 Å². The molecule has 0 saturated carbocycles. The van der Waals surface area contributed by atoms with Crippen molar-refractivity contribution >= 4 is 35.8 Å². The van der Waals surface area contributed by atoms with Crippen molar-refractivity contribution in [2.75, 3.05) is 12.3 Å². The van der Waals surface area contributed by atoms with Crippen LogP contribution in [0.25, 0.3) is 0 Å². The summed E-state index contributed by atoms with van der Waals surface area (Å²) in [5, 5.41) is 3.35. The number of carbonyl (C=O) groups is 1. The van der Waals surface area contributed by atoms with Gasteiger partial charge in [0.2, 0.25) is 5.91 Å². The van der Waals surface area contributed by atoms with Crippen LogP contribution in [0.1, 0.15) is 46.0 Å². The highest BCUT2D eigenvalue weighted by atomic mass is 35.5. The molecule has 134 valence electrons. The standard InChI is InChI=1S/C19H28N2OS.ClH/c1-3-7-14(8-4-2)21-18(22)15-13-23-19-11-6-5-9-17(19)20-12-10-16(15)19;/h5-6,9,11,14-16H,3-4,7-8,10,12-13H2,1-2H3,(H,21,22);1H. The fourth-order valence-corrected chi connectivity index (χ4v) is 6.00. The number of allylic oxidation sites excluding steroid dienone is 3. The number of hydrogen-bond acceptors (Lipinski definition) is 3. The van der Waals surface area contributed by atoms with Crippen molar-refractivity contribution in [2.24, 2.45) is 16.8 Å². The lowest BCUT2D eigenvalue weighted by Gasteiger charge is -2.38. The maximum atomic E-state index is 12.9. The third-order valence-corrected chi connectivity index (χ3v) is 6.98. The van der Waals surface area contributed by atoms with Gasteiger partial charge in [-0.15, -0.1) is 24.2 Å². The number of carbonyl (C=O) groups excluding carboxylic acids is 1. The minimum atomic E-state index is -0.0417. The first-order valence-electron chi connectivity index (χ1n) is 9.06. The topological polar surface area (TPSA) is 41.5 Å². The smallest absolute Gasteiger partial charge is 0.224 e. The quantitative estimate of drug-likeness (QED) is 0.764. The van der Waals surface area contributed by atoms with Crippen LogP contribution in [0, 0.1) is 11.8 Å². The average molecular weight is 369 g/mol. The molecule has 3 unspecified atom stereocenters. The van der Waals surface area contributed by atoms with E-state index < -0.39 is 0 Å². The second-order valence-corrected chi connectivity index (χ2v) is 8.17. The minimum Gasteiger partial charge on any atom is -0.353 e. The summed E-state index contributed by atoms with van der Waals surface area (Å²) < 4.78 is -0.0417. The van der Waals surface area contributed by atoms with E-state index in [1.807, 2.05) is 11.8 Å². The minimum absolute atomic E-state index is 0. The highest BCUT2D eigenvalue weighted by Crippen LogP contribution is 2.52. The lowest BCUT2D eigenvalue weighted by atomic mass is 9.74. The van der Waals surface area contributed by atoms with Crippen molar-refractivity contribution < 1.29 is 4.79 Å². The fourth-order valence-electron chi connectivity index (χ4n) is 4.21. The summed E-state index contributed by atoms with van der Waals surface area (Å²) >= 11 is 1.92. The van der Waals surface area contributed by atoms with Crippen LogP contribution < -0.4 is 5.32 Å². The van der Waals surface area contributed by atoms with E-state index in [2.05, 4.69) is 43.5 Å². The molecule has 1 aliphatic carbocycles.